The van der Waals surface area contributed by atoms with Crippen molar-refractivity contribution in [2.75, 3.05) is 18.0 Å². The van der Waals surface area contributed by atoms with Gasteiger partial charge in [0.2, 0.25) is 5.60 Å². The Labute approximate surface area is 144 Å². The summed E-state index contributed by atoms with van der Waals surface area (Å²) < 4.78 is 18.7. The Hall–Kier alpha value is -3.14. The molecule has 1 saturated heterocycles. The van der Waals surface area contributed by atoms with E-state index in [0.29, 0.717) is 30.4 Å². The van der Waals surface area contributed by atoms with Crippen LogP contribution in [0.4, 0.5) is 10.2 Å². The zero-order valence-electron chi connectivity index (χ0n) is 13.4. The molecule has 1 aromatic carbocycles. The molecule has 1 aliphatic rings. The smallest absolute Gasteiger partial charge is 0.348 e. The SMILES string of the molecule is N#Cc1cccc(N2CCC(Oc3ccc(F)cc3)(C(=O)O)CC2)n1. The monoisotopic (exact) mass is 341 g/mol. The van der Waals surface area contributed by atoms with Gasteiger partial charge in [0.05, 0.1) is 0 Å². The second-order valence-corrected chi connectivity index (χ2v) is 5.84. The summed E-state index contributed by atoms with van der Waals surface area (Å²) in [7, 11) is 0. The number of rotatable bonds is 4. The molecule has 3 rings (SSSR count). The molecule has 0 spiro atoms. The zero-order valence-corrected chi connectivity index (χ0v) is 13.4. The van der Waals surface area contributed by atoms with Gasteiger partial charge in [-0.05, 0) is 36.4 Å². The van der Waals surface area contributed by atoms with Crippen molar-refractivity contribution in [3.63, 3.8) is 0 Å². The van der Waals surface area contributed by atoms with Gasteiger partial charge < -0.3 is 14.7 Å². The van der Waals surface area contributed by atoms with Crippen molar-refractivity contribution in [2.45, 2.75) is 18.4 Å². The molecule has 0 radical (unpaired) electrons. The van der Waals surface area contributed by atoms with Crippen molar-refractivity contribution in [1.29, 1.82) is 5.26 Å². The number of halogens is 1. The summed E-state index contributed by atoms with van der Waals surface area (Å²) >= 11 is 0. The Morgan fingerprint density at radius 1 is 1.24 bits per heavy atom. The molecule has 6 nitrogen and oxygen atoms in total. The summed E-state index contributed by atoms with van der Waals surface area (Å²) in [5, 5.41) is 18.6. The van der Waals surface area contributed by atoms with E-state index in [1.807, 2.05) is 11.0 Å². The minimum atomic E-state index is -1.36. The largest absolute Gasteiger partial charge is 0.478 e. The minimum Gasteiger partial charge on any atom is -0.478 e. The van der Waals surface area contributed by atoms with E-state index in [1.54, 1.807) is 18.2 Å². The number of ether oxygens (including phenoxy) is 1. The van der Waals surface area contributed by atoms with Gasteiger partial charge in [0.1, 0.15) is 29.1 Å². The first kappa shape index (κ1) is 16.7. The lowest BCUT2D eigenvalue weighted by molar-refractivity contribution is -0.157. The van der Waals surface area contributed by atoms with Gasteiger partial charge in [-0.15, -0.1) is 0 Å². The topological polar surface area (TPSA) is 86.5 Å². The molecule has 0 bridgehead atoms. The number of benzene rings is 1. The Bertz CT molecular complexity index is 809. The van der Waals surface area contributed by atoms with Gasteiger partial charge >= 0.3 is 5.97 Å². The first-order valence-electron chi connectivity index (χ1n) is 7.82. The number of aliphatic carboxylic acids is 1. The average molecular weight is 341 g/mol. The number of nitrogens with zero attached hydrogens (tertiary/aromatic N) is 3. The van der Waals surface area contributed by atoms with Crippen molar-refractivity contribution < 1.29 is 19.0 Å². The highest BCUT2D eigenvalue weighted by Gasteiger charge is 2.44. The maximum atomic E-state index is 13.0. The molecule has 0 saturated carbocycles. The van der Waals surface area contributed by atoms with E-state index in [2.05, 4.69) is 4.98 Å². The zero-order chi connectivity index (χ0) is 17.9. The van der Waals surface area contributed by atoms with Crippen LogP contribution in [0, 0.1) is 17.1 Å². The van der Waals surface area contributed by atoms with Crippen molar-refractivity contribution >= 4 is 11.8 Å². The highest BCUT2D eigenvalue weighted by molar-refractivity contribution is 5.78. The van der Waals surface area contributed by atoms with E-state index in [0.717, 1.165) is 0 Å². The van der Waals surface area contributed by atoms with Crippen LogP contribution in [-0.2, 0) is 4.79 Å². The predicted octanol–water partition coefficient (Wildman–Crippen LogP) is 2.59. The highest BCUT2D eigenvalue weighted by Crippen LogP contribution is 2.31. The maximum Gasteiger partial charge on any atom is 0.348 e. The van der Waals surface area contributed by atoms with Crippen molar-refractivity contribution in [1.82, 2.24) is 4.98 Å². The summed E-state index contributed by atoms with van der Waals surface area (Å²) in [4.78, 5) is 18.0. The third kappa shape index (κ3) is 3.53. The standard InChI is InChI=1S/C18H16FN3O3/c19-13-4-6-15(7-5-13)25-18(17(23)24)8-10-22(11-9-18)16-3-1-2-14(12-20)21-16/h1-7H,8-11H2,(H,23,24). The summed E-state index contributed by atoms with van der Waals surface area (Å²) in [5.41, 5.74) is -1.05. The van der Waals surface area contributed by atoms with Gasteiger partial charge in [-0.2, -0.15) is 5.26 Å². The molecular formula is C18H16FN3O3. The van der Waals surface area contributed by atoms with E-state index >= 15 is 0 Å². The molecule has 0 unspecified atom stereocenters. The van der Waals surface area contributed by atoms with E-state index in [4.69, 9.17) is 10.00 Å². The average Bonchev–Trinajstić information content (AvgIpc) is 2.64. The van der Waals surface area contributed by atoms with Crippen LogP contribution >= 0.6 is 0 Å². The van der Waals surface area contributed by atoms with E-state index < -0.39 is 17.4 Å². The number of pyridine rings is 1. The van der Waals surface area contributed by atoms with Gasteiger partial charge in [0.25, 0.3) is 0 Å². The molecule has 25 heavy (non-hydrogen) atoms. The fraction of sp³-hybridized carbons (Fsp3) is 0.278. The van der Waals surface area contributed by atoms with Crippen LogP contribution in [0.3, 0.4) is 0 Å². The molecule has 2 aromatic rings. The van der Waals surface area contributed by atoms with Crippen LogP contribution in [0.5, 0.6) is 5.75 Å². The Morgan fingerprint density at radius 2 is 1.92 bits per heavy atom. The predicted molar refractivity (Wildman–Crippen MR) is 87.8 cm³/mol. The lowest BCUT2D eigenvalue weighted by atomic mass is 9.91. The normalized spacial score (nSPS) is 16.1. The van der Waals surface area contributed by atoms with Crippen LogP contribution in [0.15, 0.2) is 42.5 Å². The first-order chi connectivity index (χ1) is 12.0. The fourth-order valence-corrected chi connectivity index (χ4v) is 2.85. The number of aromatic nitrogens is 1. The van der Waals surface area contributed by atoms with Crippen LogP contribution in [-0.4, -0.2) is 34.8 Å². The summed E-state index contributed by atoms with van der Waals surface area (Å²) in [6.07, 6.45) is 0.496. The molecule has 0 amide bonds. The van der Waals surface area contributed by atoms with Crippen LogP contribution in [0.25, 0.3) is 0 Å². The second-order valence-electron chi connectivity index (χ2n) is 5.84. The number of carbonyl (C=O) groups is 1. The number of piperidine rings is 1. The molecule has 1 fully saturated rings. The number of nitriles is 1. The second kappa shape index (κ2) is 6.77. The Morgan fingerprint density at radius 3 is 2.52 bits per heavy atom. The van der Waals surface area contributed by atoms with E-state index in [1.165, 1.54) is 24.3 Å². The minimum absolute atomic E-state index is 0.248. The fourth-order valence-electron chi connectivity index (χ4n) is 2.85. The molecule has 0 atom stereocenters. The third-order valence-corrected chi connectivity index (χ3v) is 4.26. The van der Waals surface area contributed by atoms with Gasteiger partial charge in [0.15, 0.2) is 0 Å². The molecule has 2 heterocycles. The lowest BCUT2D eigenvalue weighted by Crippen LogP contribution is -2.53. The number of carboxylic acid groups (broad SMARTS) is 1. The lowest BCUT2D eigenvalue weighted by Gasteiger charge is -2.39. The molecule has 1 aromatic heterocycles. The number of anilines is 1. The number of carboxylic acids is 1. The quantitative estimate of drug-likeness (QED) is 0.920. The van der Waals surface area contributed by atoms with Crippen molar-refractivity contribution in [3.8, 4) is 11.8 Å². The van der Waals surface area contributed by atoms with Gasteiger partial charge in [-0.3, -0.25) is 0 Å². The van der Waals surface area contributed by atoms with Crippen molar-refractivity contribution in [3.05, 3.63) is 54.0 Å². The number of hydrogen-bond donors (Lipinski definition) is 1. The number of hydrogen-bond acceptors (Lipinski definition) is 5. The highest BCUT2D eigenvalue weighted by atomic mass is 19.1. The maximum absolute atomic E-state index is 13.0. The van der Waals surface area contributed by atoms with Crippen LogP contribution in [0.2, 0.25) is 0 Å². The molecule has 0 aliphatic carbocycles. The van der Waals surface area contributed by atoms with E-state index in [-0.39, 0.29) is 12.8 Å². The van der Waals surface area contributed by atoms with Crippen LogP contribution < -0.4 is 9.64 Å². The molecular weight excluding hydrogens is 325 g/mol. The summed E-state index contributed by atoms with van der Waals surface area (Å²) in [6.45, 7) is 0.852. The van der Waals surface area contributed by atoms with Gasteiger partial charge in [-0.1, -0.05) is 6.07 Å². The van der Waals surface area contributed by atoms with Crippen LogP contribution in [0.1, 0.15) is 18.5 Å². The van der Waals surface area contributed by atoms with E-state index in [9.17, 15) is 14.3 Å². The Kier molecular flexibility index (Phi) is 4.52. The van der Waals surface area contributed by atoms with Gasteiger partial charge in [-0.25, -0.2) is 14.2 Å². The van der Waals surface area contributed by atoms with Crippen molar-refractivity contribution in [2.24, 2.45) is 0 Å². The summed E-state index contributed by atoms with van der Waals surface area (Å²) in [5.74, 6) is -0.494. The first-order valence-corrected chi connectivity index (χ1v) is 7.82. The Balaban J connectivity index is 1.75. The third-order valence-electron chi connectivity index (χ3n) is 4.26. The molecule has 7 heteroatoms. The summed E-state index contributed by atoms with van der Waals surface area (Å²) in [6, 6.07) is 12.4. The van der Waals surface area contributed by atoms with Gasteiger partial charge in [0, 0.05) is 25.9 Å². The molecule has 1 aliphatic heterocycles. The molecule has 128 valence electrons. The molecule has 1 N–H and O–H groups in total.